The largest absolute Gasteiger partial charge is 0.372 e. The van der Waals surface area contributed by atoms with E-state index >= 15 is 0 Å². The minimum absolute atomic E-state index is 0.0237. The van der Waals surface area contributed by atoms with Gasteiger partial charge in [-0.15, -0.1) is 0 Å². The molecule has 0 aliphatic rings. The van der Waals surface area contributed by atoms with Gasteiger partial charge in [0.25, 0.3) is 0 Å². The summed E-state index contributed by atoms with van der Waals surface area (Å²) in [5.41, 5.74) is 0.877. The molecule has 0 spiro atoms. The molecule has 128 valence electrons. The molecule has 1 rings (SSSR count). The van der Waals surface area contributed by atoms with E-state index in [0.717, 1.165) is 5.69 Å². The van der Waals surface area contributed by atoms with Gasteiger partial charge in [0.15, 0.2) is 0 Å². The van der Waals surface area contributed by atoms with Gasteiger partial charge in [-0.3, -0.25) is 9.59 Å². The van der Waals surface area contributed by atoms with Gasteiger partial charge in [-0.1, -0.05) is 17.7 Å². The number of aryl methyl sites for hydroxylation is 1. The third-order valence-corrected chi connectivity index (χ3v) is 3.78. The average molecular weight is 319 g/mol. The van der Waals surface area contributed by atoms with E-state index in [4.69, 9.17) is 0 Å². The van der Waals surface area contributed by atoms with Gasteiger partial charge >= 0.3 is 0 Å². The summed E-state index contributed by atoms with van der Waals surface area (Å²) >= 11 is 0. The van der Waals surface area contributed by atoms with Crippen LogP contribution >= 0.6 is 0 Å². The molecule has 0 aliphatic heterocycles. The predicted molar refractivity (Wildman–Crippen MR) is 94.4 cm³/mol. The fourth-order valence-corrected chi connectivity index (χ4v) is 2.13. The number of benzene rings is 1. The molecule has 0 saturated heterocycles. The molecule has 0 fully saturated rings. The molecular weight excluding hydrogens is 290 g/mol. The van der Waals surface area contributed by atoms with Crippen LogP contribution in [0.25, 0.3) is 0 Å². The van der Waals surface area contributed by atoms with Crippen LogP contribution in [0.4, 0.5) is 5.69 Å². The molecule has 1 aromatic rings. The minimum Gasteiger partial charge on any atom is -0.372 e. The third kappa shape index (κ3) is 6.30. The second-order valence-electron chi connectivity index (χ2n) is 7.13. The highest BCUT2D eigenvalue weighted by molar-refractivity contribution is 5.89. The number of hydrogen-bond donors (Lipinski definition) is 3. The van der Waals surface area contributed by atoms with E-state index in [1.165, 1.54) is 5.56 Å². The summed E-state index contributed by atoms with van der Waals surface area (Å²) in [4.78, 5) is 24.0. The monoisotopic (exact) mass is 319 g/mol. The summed E-state index contributed by atoms with van der Waals surface area (Å²) in [6, 6.07) is 7.93. The van der Waals surface area contributed by atoms with Crippen LogP contribution in [0.5, 0.6) is 0 Å². The van der Waals surface area contributed by atoms with Crippen molar-refractivity contribution < 1.29 is 9.59 Å². The molecule has 0 bridgehead atoms. The van der Waals surface area contributed by atoms with Gasteiger partial charge < -0.3 is 16.0 Å². The standard InChI is InChI=1S/C18H29N3O2/c1-13-7-9-14(10-8-13)20-18(4,5)16(23)21-17(2,3)12-11-15(22)19-6/h7-10,20H,11-12H2,1-6H3,(H,19,22)(H,21,23). The maximum absolute atomic E-state index is 12.6. The van der Waals surface area contributed by atoms with E-state index in [1.807, 2.05) is 58.9 Å². The van der Waals surface area contributed by atoms with Crippen LogP contribution < -0.4 is 16.0 Å². The first-order chi connectivity index (χ1) is 10.6. The summed E-state index contributed by atoms with van der Waals surface area (Å²) in [5.74, 6) is -0.121. The van der Waals surface area contributed by atoms with Crippen molar-refractivity contribution in [1.29, 1.82) is 0 Å². The molecule has 0 aliphatic carbocycles. The van der Waals surface area contributed by atoms with E-state index in [0.29, 0.717) is 12.8 Å². The second-order valence-corrected chi connectivity index (χ2v) is 7.13. The highest BCUT2D eigenvalue weighted by Crippen LogP contribution is 2.18. The number of anilines is 1. The first-order valence-corrected chi connectivity index (χ1v) is 7.94. The number of amides is 2. The summed E-state index contributed by atoms with van der Waals surface area (Å²) in [6.07, 6.45) is 0.967. The third-order valence-electron chi connectivity index (χ3n) is 3.78. The fourth-order valence-electron chi connectivity index (χ4n) is 2.13. The molecule has 0 aromatic heterocycles. The van der Waals surface area contributed by atoms with Crippen molar-refractivity contribution in [2.24, 2.45) is 0 Å². The van der Waals surface area contributed by atoms with Gasteiger partial charge in [-0.2, -0.15) is 0 Å². The molecule has 1 aromatic carbocycles. The quantitative estimate of drug-likeness (QED) is 0.723. The molecule has 3 N–H and O–H groups in total. The van der Waals surface area contributed by atoms with Crippen LogP contribution in [0.15, 0.2) is 24.3 Å². The molecule has 0 unspecified atom stereocenters. The molecule has 0 atom stereocenters. The number of hydrogen-bond acceptors (Lipinski definition) is 3. The van der Waals surface area contributed by atoms with Crippen LogP contribution in [-0.2, 0) is 9.59 Å². The summed E-state index contributed by atoms with van der Waals surface area (Å²) < 4.78 is 0. The van der Waals surface area contributed by atoms with E-state index in [-0.39, 0.29) is 11.8 Å². The first kappa shape index (κ1) is 19.0. The van der Waals surface area contributed by atoms with E-state index in [9.17, 15) is 9.59 Å². The van der Waals surface area contributed by atoms with Crippen LogP contribution in [0.3, 0.4) is 0 Å². The van der Waals surface area contributed by atoms with Gasteiger partial charge in [-0.05, 0) is 53.2 Å². The topological polar surface area (TPSA) is 70.2 Å². The first-order valence-electron chi connectivity index (χ1n) is 7.94. The SMILES string of the molecule is CNC(=O)CCC(C)(C)NC(=O)C(C)(C)Nc1ccc(C)cc1. The Morgan fingerprint density at radius 1 is 1.04 bits per heavy atom. The van der Waals surface area contributed by atoms with Gasteiger partial charge in [0.1, 0.15) is 5.54 Å². The van der Waals surface area contributed by atoms with Crippen LogP contribution in [0, 0.1) is 6.92 Å². The Labute approximate surface area is 139 Å². The zero-order valence-electron chi connectivity index (χ0n) is 15.0. The Balaban J connectivity index is 2.66. The molecule has 0 radical (unpaired) electrons. The zero-order chi connectivity index (χ0) is 17.7. The highest BCUT2D eigenvalue weighted by Gasteiger charge is 2.32. The molecule has 5 heteroatoms. The molecule has 0 heterocycles. The van der Waals surface area contributed by atoms with Gasteiger partial charge in [0, 0.05) is 24.7 Å². The molecule has 0 saturated carbocycles. The van der Waals surface area contributed by atoms with Gasteiger partial charge in [-0.25, -0.2) is 0 Å². The normalized spacial score (nSPS) is 11.7. The van der Waals surface area contributed by atoms with E-state index in [1.54, 1.807) is 7.05 Å². The van der Waals surface area contributed by atoms with Crippen molar-refractivity contribution in [3.63, 3.8) is 0 Å². The fraction of sp³-hybridized carbons (Fsp3) is 0.556. The number of rotatable bonds is 7. The second kappa shape index (κ2) is 7.49. The summed E-state index contributed by atoms with van der Waals surface area (Å²) in [5, 5.41) is 8.87. The van der Waals surface area contributed by atoms with Crippen LogP contribution in [0.2, 0.25) is 0 Å². The zero-order valence-corrected chi connectivity index (χ0v) is 15.0. The van der Waals surface area contributed by atoms with Crippen molar-refractivity contribution >= 4 is 17.5 Å². The summed E-state index contributed by atoms with van der Waals surface area (Å²) in [7, 11) is 1.61. The van der Waals surface area contributed by atoms with Crippen molar-refractivity contribution in [3.8, 4) is 0 Å². The van der Waals surface area contributed by atoms with Crippen molar-refractivity contribution in [1.82, 2.24) is 10.6 Å². The lowest BCUT2D eigenvalue weighted by Crippen LogP contribution is -2.55. The van der Waals surface area contributed by atoms with Crippen LogP contribution in [-0.4, -0.2) is 29.9 Å². The number of carbonyl (C=O) groups excluding carboxylic acids is 2. The predicted octanol–water partition coefficient (Wildman–Crippen LogP) is 2.61. The molecule has 23 heavy (non-hydrogen) atoms. The highest BCUT2D eigenvalue weighted by atomic mass is 16.2. The molecule has 5 nitrogen and oxygen atoms in total. The lowest BCUT2D eigenvalue weighted by atomic mass is 9.95. The number of carbonyl (C=O) groups is 2. The van der Waals surface area contributed by atoms with Crippen LogP contribution in [0.1, 0.15) is 46.1 Å². The van der Waals surface area contributed by atoms with Gasteiger partial charge in [0.2, 0.25) is 11.8 Å². The molecular formula is C18H29N3O2. The Morgan fingerprint density at radius 3 is 2.13 bits per heavy atom. The Kier molecular flexibility index (Phi) is 6.19. The average Bonchev–Trinajstić information content (AvgIpc) is 2.46. The number of nitrogens with one attached hydrogen (secondary N) is 3. The lowest BCUT2D eigenvalue weighted by Gasteiger charge is -2.33. The maximum Gasteiger partial charge on any atom is 0.245 e. The summed E-state index contributed by atoms with van der Waals surface area (Å²) in [6.45, 7) is 9.57. The lowest BCUT2D eigenvalue weighted by molar-refractivity contribution is -0.127. The Morgan fingerprint density at radius 2 is 1.61 bits per heavy atom. The van der Waals surface area contributed by atoms with Crippen molar-refractivity contribution in [2.45, 2.75) is 58.5 Å². The van der Waals surface area contributed by atoms with Crippen molar-refractivity contribution in [3.05, 3.63) is 29.8 Å². The Hall–Kier alpha value is -2.04. The smallest absolute Gasteiger partial charge is 0.245 e. The van der Waals surface area contributed by atoms with E-state index < -0.39 is 11.1 Å². The van der Waals surface area contributed by atoms with Crippen molar-refractivity contribution in [2.75, 3.05) is 12.4 Å². The van der Waals surface area contributed by atoms with E-state index in [2.05, 4.69) is 16.0 Å². The Bertz CT molecular complexity index is 548. The maximum atomic E-state index is 12.6. The van der Waals surface area contributed by atoms with Gasteiger partial charge in [0.05, 0.1) is 0 Å². The molecule has 2 amide bonds. The minimum atomic E-state index is -0.750.